The van der Waals surface area contributed by atoms with E-state index in [1.165, 1.54) is 18.2 Å². The molecule has 84 valence electrons. The number of halogens is 1. The van der Waals surface area contributed by atoms with Gasteiger partial charge in [0.25, 0.3) is 11.7 Å². The predicted octanol–water partition coefficient (Wildman–Crippen LogP) is 0.977. The van der Waals surface area contributed by atoms with Crippen molar-refractivity contribution in [2.75, 3.05) is 5.32 Å². The van der Waals surface area contributed by atoms with E-state index in [0.29, 0.717) is 11.3 Å². The van der Waals surface area contributed by atoms with Crippen LogP contribution in [0.25, 0.3) is 0 Å². The van der Waals surface area contributed by atoms with Crippen LogP contribution in [0.5, 0.6) is 0 Å². The molecule has 0 aliphatic heterocycles. The molecule has 0 spiro atoms. The number of nitriles is 1. The van der Waals surface area contributed by atoms with Crippen molar-refractivity contribution in [1.29, 1.82) is 5.26 Å². The first-order valence-electron chi connectivity index (χ1n) is 4.45. The summed E-state index contributed by atoms with van der Waals surface area (Å²) in [5, 5.41) is 23.9. The molecule has 0 saturated carbocycles. The summed E-state index contributed by atoms with van der Waals surface area (Å²) >= 11 is 5.88. The lowest BCUT2D eigenvalue weighted by Gasteiger charge is -2.04. The summed E-state index contributed by atoms with van der Waals surface area (Å²) in [7, 11) is 0. The zero-order valence-corrected chi connectivity index (χ0v) is 9.06. The van der Waals surface area contributed by atoms with Gasteiger partial charge in [-0.2, -0.15) is 10.5 Å². The molecule has 0 aliphatic carbocycles. The third kappa shape index (κ3) is 2.38. The molecular formula is C9H5ClN6O. The normalized spacial score (nSPS) is 9.65. The molecule has 1 amide bonds. The van der Waals surface area contributed by atoms with Crippen LogP contribution in [0.1, 0.15) is 16.2 Å². The molecule has 2 aromatic rings. The summed E-state index contributed by atoms with van der Waals surface area (Å²) in [5.41, 5.74) is 0.785. The molecule has 0 unspecified atom stereocenters. The standard InChI is InChI=1S/C9H5ClN6O/c10-6-3-5(4-11)1-2-7(6)12-9(17)8-13-15-16-14-8/h1-3H,(H,12,17)(H,13,14,15,16). The molecular weight excluding hydrogens is 244 g/mol. The van der Waals surface area contributed by atoms with E-state index in [1.54, 1.807) is 0 Å². The number of amides is 1. The second kappa shape index (κ2) is 4.59. The van der Waals surface area contributed by atoms with Crippen molar-refractivity contribution < 1.29 is 4.79 Å². The number of nitrogens with one attached hydrogen (secondary N) is 2. The molecule has 1 aromatic carbocycles. The van der Waals surface area contributed by atoms with E-state index >= 15 is 0 Å². The quantitative estimate of drug-likeness (QED) is 0.824. The van der Waals surface area contributed by atoms with Gasteiger partial charge in [-0.3, -0.25) is 4.79 Å². The number of hydrogen-bond acceptors (Lipinski definition) is 5. The molecule has 1 aromatic heterocycles. The number of rotatable bonds is 2. The van der Waals surface area contributed by atoms with Gasteiger partial charge in [0.2, 0.25) is 0 Å². The third-order valence-corrected chi connectivity index (χ3v) is 2.21. The number of carbonyl (C=O) groups is 1. The maximum Gasteiger partial charge on any atom is 0.297 e. The van der Waals surface area contributed by atoms with Crippen LogP contribution in [0.4, 0.5) is 5.69 Å². The summed E-state index contributed by atoms with van der Waals surface area (Å²) in [6, 6.07) is 6.46. The number of nitrogens with zero attached hydrogens (tertiary/aromatic N) is 4. The first-order valence-corrected chi connectivity index (χ1v) is 4.83. The van der Waals surface area contributed by atoms with Gasteiger partial charge in [0, 0.05) is 0 Å². The lowest BCUT2D eigenvalue weighted by atomic mass is 10.2. The zero-order valence-electron chi connectivity index (χ0n) is 8.31. The van der Waals surface area contributed by atoms with Crippen molar-refractivity contribution in [3.05, 3.63) is 34.6 Å². The fraction of sp³-hybridized carbons (Fsp3) is 0. The molecule has 0 radical (unpaired) electrons. The summed E-state index contributed by atoms with van der Waals surface area (Å²) in [4.78, 5) is 11.6. The number of H-pyrrole nitrogens is 1. The second-order valence-corrected chi connectivity index (χ2v) is 3.40. The largest absolute Gasteiger partial charge is 0.318 e. The second-order valence-electron chi connectivity index (χ2n) is 3.00. The highest BCUT2D eigenvalue weighted by atomic mass is 35.5. The van der Waals surface area contributed by atoms with Gasteiger partial charge in [-0.1, -0.05) is 11.6 Å². The number of aromatic amines is 1. The Kier molecular flexibility index (Phi) is 2.98. The Morgan fingerprint density at radius 3 is 2.94 bits per heavy atom. The molecule has 2 N–H and O–H groups in total. The Morgan fingerprint density at radius 2 is 2.35 bits per heavy atom. The number of anilines is 1. The van der Waals surface area contributed by atoms with Crippen LogP contribution < -0.4 is 5.32 Å². The number of hydrogen-bond donors (Lipinski definition) is 2. The molecule has 2 rings (SSSR count). The summed E-state index contributed by atoms with van der Waals surface area (Å²) in [6.07, 6.45) is 0. The van der Waals surface area contributed by atoms with Crippen molar-refractivity contribution in [2.45, 2.75) is 0 Å². The van der Waals surface area contributed by atoms with Gasteiger partial charge in [-0.25, -0.2) is 0 Å². The minimum absolute atomic E-state index is 0.0922. The predicted molar refractivity (Wildman–Crippen MR) is 58.3 cm³/mol. The van der Waals surface area contributed by atoms with Gasteiger partial charge in [0.1, 0.15) is 0 Å². The number of benzene rings is 1. The Hall–Kier alpha value is -2.46. The van der Waals surface area contributed by atoms with Crippen LogP contribution in [-0.4, -0.2) is 26.5 Å². The van der Waals surface area contributed by atoms with E-state index in [4.69, 9.17) is 16.9 Å². The zero-order chi connectivity index (χ0) is 12.3. The minimum Gasteiger partial charge on any atom is -0.318 e. The SMILES string of the molecule is N#Cc1ccc(NC(=O)c2nn[nH]n2)c(Cl)c1. The summed E-state index contributed by atoms with van der Waals surface area (Å²) in [5.74, 6) is -0.629. The van der Waals surface area contributed by atoms with Crippen LogP contribution in [0, 0.1) is 11.3 Å². The average Bonchev–Trinajstić information content (AvgIpc) is 2.85. The van der Waals surface area contributed by atoms with Gasteiger partial charge in [-0.05, 0) is 23.4 Å². The number of tetrazole rings is 1. The van der Waals surface area contributed by atoms with E-state index < -0.39 is 5.91 Å². The smallest absolute Gasteiger partial charge is 0.297 e. The maximum atomic E-state index is 11.6. The molecule has 0 fully saturated rings. The highest BCUT2D eigenvalue weighted by molar-refractivity contribution is 6.34. The molecule has 0 saturated heterocycles. The highest BCUT2D eigenvalue weighted by Crippen LogP contribution is 2.22. The Labute approximate surface area is 100 Å². The summed E-state index contributed by atoms with van der Waals surface area (Å²) < 4.78 is 0. The molecule has 0 aliphatic rings. The van der Waals surface area contributed by atoms with Crippen LogP contribution in [0.2, 0.25) is 5.02 Å². The lowest BCUT2D eigenvalue weighted by Crippen LogP contribution is -2.14. The maximum absolute atomic E-state index is 11.6. The van der Waals surface area contributed by atoms with Gasteiger partial charge in [0.05, 0.1) is 22.3 Å². The van der Waals surface area contributed by atoms with Crippen LogP contribution in [0.3, 0.4) is 0 Å². The first-order chi connectivity index (χ1) is 8.20. The Balaban J connectivity index is 2.20. The minimum atomic E-state index is -0.537. The van der Waals surface area contributed by atoms with E-state index in [9.17, 15) is 4.79 Å². The molecule has 0 bridgehead atoms. The molecule has 7 nitrogen and oxygen atoms in total. The topological polar surface area (TPSA) is 107 Å². The van der Waals surface area contributed by atoms with E-state index in [-0.39, 0.29) is 10.8 Å². The van der Waals surface area contributed by atoms with Crippen molar-refractivity contribution in [3.8, 4) is 6.07 Å². The monoisotopic (exact) mass is 248 g/mol. The summed E-state index contributed by atoms with van der Waals surface area (Å²) in [6.45, 7) is 0. The molecule has 17 heavy (non-hydrogen) atoms. The van der Waals surface area contributed by atoms with Crippen LogP contribution >= 0.6 is 11.6 Å². The fourth-order valence-corrected chi connectivity index (χ4v) is 1.35. The van der Waals surface area contributed by atoms with Crippen LogP contribution in [0.15, 0.2) is 18.2 Å². The van der Waals surface area contributed by atoms with Gasteiger partial charge in [-0.15, -0.1) is 10.2 Å². The van der Waals surface area contributed by atoms with Crippen molar-refractivity contribution in [2.24, 2.45) is 0 Å². The number of carbonyl (C=O) groups excluding carboxylic acids is 1. The van der Waals surface area contributed by atoms with Gasteiger partial charge in [0.15, 0.2) is 0 Å². The van der Waals surface area contributed by atoms with Crippen molar-refractivity contribution in [3.63, 3.8) is 0 Å². The van der Waals surface area contributed by atoms with Crippen molar-refractivity contribution >= 4 is 23.2 Å². The lowest BCUT2D eigenvalue weighted by molar-refractivity contribution is 0.101. The highest BCUT2D eigenvalue weighted by Gasteiger charge is 2.12. The van der Waals surface area contributed by atoms with Crippen molar-refractivity contribution in [1.82, 2.24) is 20.6 Å². The Bertz CT molecular complexity index is 588. The number of aromatic nitrogens is 4. The fourth-order valence-electron chi connectivity index (χ4n) is 1.12. The van der Waals surface area contributed by atoms with E-state index in [2.05, 4.69) is 25.9 Å². The average molecular weight is 249 g/mol. The first kappa shape index (κ1) is 11.0. The molecule has 8 heteroatoms. The van der Waals surface area contributed by atoms with Gasteiger partial charge >= 0.3 is 0 Å². The molecule has 1 heterocycles. The van der Waals surface area contributed by atoms with E-state index in [0.717, 1.165) is 0 Å². The third-order valence-electron chi connectivity index (χ3n) is 1.89. The van der Waals surface area contributed by atoms with E-state index in [1.807, 2.05) is 6.07 Å². The van der Waals surface area contributed by atoms with Gasteiger partial charge < -0.3 is 5.32 Å². The Morgan fingerprint density at radius 1 is 1.53 bits per heavy atom. The van der Waals surface area contributed by atoms with Crippen LogP contribution in [-0.2, 0) is 0 Å². The molecule has 0 atom stereocenters.